The van der Waals surface area contributed by atoms with Gasteiger partial charge in [0.15, 0.2) is 0 Å². The molecule has 16 heavy (non-hydrogen) atoms. The summed E-state index contributed by atoms with van der Waals surface area (Å²) in [5.74, 6) is -1.76. The maximum atomic E-state index is 11.9. The van der Waals surface area contributed by atoms with Gasteiger partial charge in [-0.15, -0.1) is 13.2 Å². The summed E-state index contributed by atoms with van der Waals surface area (Å²) in [6, 6.07) is 0. The molecule has 0 radical (unpaired) electrons. The van der Waals surface area contributed by atoms with Crippen molar-refractivity contribution in [3.05, 3.63) is 11.3 Å². The van der Waals surface area contributed by atoms with Crippen molar-refractivity contribution in [2.75, 3.05) is 0 Å². The number of nitrogens with two attached hydrogens (primary N) is 2. The van der Waals surface area contributed by atoms with Crippen LogP contribution in [-0.4, -0.2) is 24.6 Å². The number of aliphatic imine (C=N–C) groups is 1. The van der Waals surface area contributed by atoms with Gasteiger partial charge < -0.3 is 11.5 Å². The van der Waals surface area contributed by atoms with Gasteiger partial charge in [-0.05, 0) is 0 Å². The van der Waals surface area contributed by atoms with Gasteiger partial charge in [-0.25, -0.2) is 0 Å². The van der Waals surface area contributed by atoms with Gasteiger partial charge in [0.1, 0.15) is 5.70 Å². The molecule has 0 bridgehead atoms. The third-order valence-corrected chi connectivity index (χ3v) is 1.20. The standard InChI is InChI=1S/C6H5F6N3O/c7-5(8,9)3(13)2(4(14)16)1-15-6(10,11)12/h1H,13H2,(H2,14,16)/b3-2+,15-1+. The molecule has 0 fully saturated rings. The summed E-state index contributed by atoms with van der Waals surface area (Å²) in [5, 5.41) is 0. The summed E-state index contributed by atoms with van der Waals surface area (Å²) in [4.78, 5) is 12.2. The minimum Gasteiger partial charge on any atom is -0.394 e. The maximum Gasteiger partial charge on any atom is 0.503 e. The average molecular weight is 249 g/mol. The average Bonchev–Trinajstić information content (AvgIpc) is 1.99. The highest BCUT2D eigenvalue weighted by Crippen LogP contribution is 2.24. The monoisotopic (exact) mass is 249 g/mol. The van der Waals surface area contributed by atoms with Crippen LogP contribution in [0.15, 0.2) is 16.3 Å². The van der Waals surface area contributed by atoms with Crippen LogP contribution < -0.4 is 11.5 Å². The molecule has 0 aliphatic carbocycles. The van der Waals surface area contributed by atoms with Crippen molar-refractivity contribution in [2.45, 2.75) is 12.5 Å². The van der Waals surface area contributed by atoms with Crippen LogP contribution in [0.3, 0.4) is 0 Å². The second kappa shape index (κ2) is 4.41. The van der Waals surface area contributed by atoms with Crippen molar-refractivity contribution in [3.63, 3.8) is 0 Å². The number of halogens is 6. The highest BCUT2D eigenvalue weighted by atomic mass is 19.4. The van der Waals surface area contributed by atoms with Crippen LogP contribution in [0.5, 0.6) is 0 Å². The van der Waals surface area contributed by atoms with E-state index in [1.165, 1.54) is 0 Å². The minimum absolute atomic E-state index is 0.370. The van der Waals surface area contributed by atoms with Crippen LogP contribution in [0.4, 0.5) is 26.3 Å². The van der Waals surface area contributed by atoms with Crippen LogP contribution in [0.1, 0.15) is 0 Å². The summed E-state index contributed by atoms with van der Waals surface area (Å²) in [7, 11) is 0. The molecule has 0 aliphatic rings. The molecule has 0 saturated heterocycles. The lowest BCUT2D eigenvalue weighted by molar-refractivity contribution is -0.119. The van der Waals surface area contributed by atoms with Crippen molar-refractivity contribution >= 4 is 12.1 Å². The molecular weight excluding hydrogens is 244 g/mol. The van der Waals surface area contributed by atoms with Gasteiger partial charge in [-0.1, -0.05) is 0 Å². The smallest absolute Gasteiger partial charge is 0.394 e. The lowest BCUT2D eigenvalue weighted by Crippen LogP contribution is -2.28. The molecule has 0 unspecified atom stereocenters. The van der Waals surface area contributed by atoms with E-state index in [0.717, 1.165) is 0 Å². The molecule has 0 aromatic carbocycles. The molecule has 1 amide bonds. The lowest BCUT2D eigenvalue weighted by atomic mass is 10.2. The first-order valence-electron chi connectivity index (χ1n) is 3.44. The van der Waals surface area contributed by atoms with E-state index in [0.29, 0.717) is 0 Å². The van der Waals surface area contributed by atoms with E-state index in [1.807, 2.05) is 0 Å². The van der Waals surface area contributed by atoms with Gasteiger partial charge in [-0.2, -0.15) is 18.2 Å². The minimum atomic E-state index is -5.16. The first-order valence-corrected chi connectivity index (χ1v) is 3.44. The van der Waals surface area contributed by atoms with E-state index < -0.39 is 29.7 Å². The second-order valence-corrected chi connectivity index (χ2v) is 2.42. The molecule has 10 heteroatoms. The van der Waals surface area contributed by atoms with E-state index in [4.69, 9.17) is 0 Å². The molecule has 0 saturated carbocycles. The zero-order chi connectivity index (χ0) is 13.1. The Morgan fingerprint density at radius 2 is 1.50 bits per heavy atom. The number of carbonyl (C=O) groups is 1. The fraction of sp³-hybridized carbons (Fsp3) is 0.333. The second-order valence-electron chi connectivity index (χ2n) is 2.42. The zero-order valence-corrected chi connectivity index (χ0v) is 7.36. The number of rotatable bonds is 2. The van der Waals surface area contributed by atoms with E-state index in [1.54, 1.807) is 4.99 Å². The first-order chi connectivity index (χ1) is 6.95. The summed E-state index contributed by atoms with van der Waals surface area (Å²) in [6.07, 6.45) is -10.7. The van der Waals surface area contributed by atoms with Gasteiger partial charge in [-0.3, -0.25) is 4.79 Å². The fourth-order valence-electron chi connectivity index (χ4n) is 0.556. The lowest BCUT2D eigenvalue weighted by Gasteiger charge is -2.08. The van der Waals surface area contributed by atoms with Crippen molar-refractivity contribution in [2.24, 2.45) is 16.5 Å². The van der Waals surface area contributed by atoms with Crippen LogP contribution in [-0.2, 0) is 4.79 Å². The van der Waals surface area contributed by atoms with Gasteiger partial charge in [0.2, 0.25) is 0 Å². The molecule has 0 aromatic heterocycles. The number of amides is 1. The fourth-order valence-corrected chi connectivity index (χ4v) is 0.556. The zero-order valence-electron chi connectivity index (χ0n) is 7.36. The van der Waals surface area contributed by atoms with Crippen LogP contribution in [0.2, 0.25) is 0 Å². The third kappa shape index (κ3) is 4.66. The van der Waals surface area contributed by atoms with Gasteiger partial charge >= 0.3 is 12.5 Å². The van der Waals surface area contributed by atoms with Crippen molar-refractivity contribution in [1.82, 2.24) is 0 Å². The molecule has 0 aliphatic heterocycles. The SMILES string of the molecule is NC(=O)C(/C=N/C(F)(F)F)=C(/N)C(F)(F)F. The predicted octanol–water partition coefficient (Wildman–Crippen LogP) is 0.837. The number of primary amides is 1. The van der Waals surface area contributed by atoms with E-state index >= 15 is 0 Å². The molecule has 0 aromatic rings. The topological polar surface area (TPSA) is 81.5 Å². The molecule has 4 N–H and O–H groups in total. The molecule has 4 nitrogen and oxygen atoms in total. The first kappa shape index (κ1) is 14.3. The largest absolute Gasteiger partial charge is 0.503 e. The Balaban J connectivity index is 5.36. The van der Waals surface area contributed by atoms with Crippen molar-refractivity contribution < 1.29 is 31.1 Å². The number of nitrogens with zero attached hydrogens (tertiary/aromatic N) is 1. The summed E-state index contributed by atoms with van der Waals surface area (Å²) < 4.78 is 70.5. The van der Waals surface area contributed by atoms with E-state index in [2.05, 4.69) is 11.5 Å². The van der Waals surface area contributed by atoms with Crippen LogP contribution >= 0.6 is 0 Å². The molecular formula is C6H5F6N3O. The Kier molecular flexibility index (Phi) is 3.93. The van der Waals surface area contributed by atoms with Crippen molar-refractivity contribution in [1.29, 1.82) is 0 Å². The highest BCUT2D eigenvalue weighted by molar-refractivity contribution is 6.12. The molecule has 0 spiro atoms. The summed E-state index contributed by atoms with van der Waals surface area (Å²) in [6.45, 7) is 0. The number of allylic oxidation sites excluding steroid dienone is 1. The van der Waals surface area contributed by atoms with Crippen molar-refractivity contribution in [3.8, 4) is 0 Å². The number of alkyl halides is 6. The third-order valence-electron chi connectivity index (χ3n) is 1.20. The quantitative estimate of drug-likeness (QED) is 0.329. The van der Waals surface area contributed by atoms with E-state index in [9.17, 15) is 31.1 Å². The molecule has 0 heterocycles. The molecule has 0 atom stereocenters. The Morgan fingerprint density at radius 1 is 1.06 bits per heavy atom. The summed E-state index contributed by atoms with van der Waals surface area (Å²) >= 11 is 0. The number of carbonyl (C=O) groups excluding carboxylic acids is 1. The van der Waals surface area contributed by atoms with Gasteiger partial charge in [0.25, 0.3) is 5.91 Å². The van der Waals surface area contributed by atoms with E-state index in [-0.39, 0.29) is 6.21 Å². The normalized spacial score (nSPS) is 15.1. The van der Waals surface area contributed by atoms with Gasteiger partial charge in [0, 0.05) is 6.21 Å². The highest BCUT2D eigenvalue weighted by Gasteiger charge is 2.36. The van der Waals surface area contributed by atoms with Crippen LogP contribution in [0, 0.1) is 0 Å². The molecule has 92 valence electrons. The molecule has 0 rings (SSSR count). The Labute approximate surface area is 84.6 Å². The number of hydrogen-bond donors (Lipinski definition) is 2. The number of hydrogen-bond acceptors (Lipinski definition) is 3. The Bertz CT molecular complexity index is 339. The Hall–Kier alpha value is -1.74. The summed E-state index contributed by atoms with van der Waals surface area (Å²) in [5.41, 5.74) is 5.26. The maximum absolute atomic E-state index is 11.9. The Morgan fingerprint density at radius 3 is 1.75 bits per heavy atom. The predicted molar refractivity (Wildman–Crippen MR) is 41.0 cm³/mol. The van der Waals surface area contributed by atoms with Gasteiger partial charge in [0.05, 0.1) is 5.57 Å². The van der Waals surface area contributed by atoms with Crippen LogP contribution in [0.25, 0.3) is 0 Å².